The van der Waals surface area contributed by atoms with E-state index in [2.05, 4.69) is 34.9 Å². The molecule has 0 aliphatic heterocycles. The molecular weight excluding hydrogens is 198 g/mol. The maximum Gasteiger partial charge on any atom is 0.100 e. The standard InChI is InChI=1S/C14H27NO/c1-13(2)11-6-7-14(13,3)12(10-11)16-9-8-15(4)5/h11-12H,6-10H2,1-5H3/p+1. The van der Waals surface area contributed by atoms with Crippen molar-refractivity contribution in [3.05, 3.63) is 0 Å². The Morgan fingerprint density at radius 2 is 1.94 bits per heavy atom. The van der Waals surface area contributed by atoms with Gasteiger partial charge in [-0.1, -0.05) is 20.8 Å². The summed E-state index contributed by atoms with van der Waals surface area (Å²) in [6, 6.07) is 0. The summed E-state index contributed by atoms with van der Waals surface area (Å²) in [4.78, 5) is 1.48. The molecule has 94 valence electrons. The Morgan fingerprint density at radius 3 is 2.38 bits per heavy atom. The quantitative estimate of drug-likeness (QED) is 0.764. The van der Waals surface area contributed by atoms with Gasteiger partial charge in [0.15, 0.2) is 0 Å². The van der Waals surface area contributed by atoms with Gasteiger partial charge in [-0.25, -0.2) is 0 Å². The molecule has 2 aliphatic carbocycles. The van der Waals surface area contributed by atoms with Crippen molar-refractivity contribution in [3.8, 4) is 0 Å². The van der Waals surface area contributed by atoms with Gasteiger partial charge in [-0.05, 0) is 36.0 Å². The number of ether oxygens (including phenoxy) is 1. The Morgan fingerprint density at radius 1 is 1.25 bits per heavy atom. The van der Waals surface area contributed by atoms with E-state index in [0.29, 0.717) is 16.9 Å². The molecule has 2 bridgehead atoms. The van der Waals surface area contributed by atoms with Gasteiger partial charge >= 0.3 is 0 Å². The molecule has 16 heavy (non-hydrogen) atoms. The molecule has 3 unspecified atom stereocenters. The van der Waals surface area contributed by atoms with Crippen molar-refractivity contribution >= 4 is 0 Å². The fourth-order valence-electron chi connectivity index (χ4n) is 3.79. The first-order valence-electron chi connectivity index (χ1n) is 6.78. The molecule has 0 amide bonds. The topological polar surface area (TPSA) is 13.7 Å². The van der Waals surface area contributed by atoms with Crippen LogP contribution in [0.15, 0.2) is 0 Å². The monoisotopic (exact) mass is 226 g/mol. The highest BCUT2D eigenvalue weighted by atomic mass is 16.5. The lowest BCUT2D eigenvalue weighted by atomic mass is 9.70. The predicted molar refractivity (Wildman–Crippen MR) is 66.6 cm³/mol. The molecule has 3 atom stereocenters. The molecule has 1 N–H and O–H groups in total. The molecule has 0 aromatic rings. The van der Waals surface area contributed by atoms with Gasteiger partial charge < -0.3 is 9.64 Å². The summed E-state index contributed by atoms with van der Waals surface area (Å²) in [5.41, 5.74) is 0.919. The maximum absolute atomic E-state index is 6.17. The van der Waals surface area contributed by atoms with E-state index < -0.39 is 0 Å². The van der Waals surface area contributed by atoms with E-state index in [9.17, 15) is 0 Å². The van der Waals surface area contributed by atoms with Crippen LogP contribution in [0.25, 0.3) is 0 Å². The molecular formula is C14H28NO+. The normalized spacial score (nSPS) is 40.9. The second kappa shape index (κ2) is 3.99. The summed E-state index contributed by atoms with van der Waals surface area (Å²) >= 11 is 0. The molecule has 2 heteroatoms. The van der Waals surface area contributed by atoms with Gasteiger partial charge in [0.05, 0.1) is 26.8 Å². The summed E-state index contributed by atoms with van der Waals surface area (Å²) in [7, 11) is 4.38. The number of quaternary nitrogens is 1. The Kier molecular flexibility index (Phi) is 3.09. The fraction of sp³-hybridized carbons (Fsp3) is 1.00. The largest absolute Gasteiger partial charge is 0.372 e. The summed E-state index contributed by atoms with van der Waals surface area (Å²) in [6.45, 7) is 9.40. The Labute approximate surface area is 100 Å². The van der Waals surface area contributed by atoms with E-state index in [4.69, 9.17) is 4.74 Å². The van der Waals surface area contributed by atoms with Crippen molar-refractivity contribution in [2.45, 2.75) is 46.1 Å². The van der Waals surface area contributed by atoms with E-state index in [1.165, 1.54) is 24.2 Å². The summed E-state index contributed by atoms with van der Waals surface area (Å²) < 4.78 is 6.17. The Bertz CT molecular complexity index is 261. The van der Waals surface area contributed by atoms with E-state index >= 15 is 0 Å². The van der Waals surface area contributed by atoms with E-state index in [0.717, 1.165) is 19.1 Å². The minimum Gasteiger partial charge on any atom is -0.372 e. The zero-order valence-corrected chi connectivity index (χ0v) is 11.6. The van der Waals surface area contributed by atoms with E-state index in [1.807, 2.05) is 0 Å². The SMILES string of the molecule is C[NH+](C)CCOC1CC2CCC1(C)C2(C)C. The Balaban J connectivity index is 1.94. The van der Waals surface area contributed by atoms with Crippen molar-refractivity contribution in [1.29, 1.82) is 0 Å². The van der Waals surface area contributed by atoms with Gasteiger partial charge in [0.2, 0.25) is 0 Å². The summed E-state index contributed by atoms with van der Waals surface area (Å²) in [6.07, 6.45) is 4.60. The molecule has 2 saturated carbocycles. The fourth-order valence-corrected chi connectivity index (χ4v) is 3.79. The molecule has 0 heterocycles. The number of likely N-dealkylation sites (N-methyl/N-ethyl adjacent to an activating group) is 1. The average molecular weight is 226 g/mol. The molecule has 2 nitrogen and oxygen atoms in total. The molecule has 0 aromatic heterocycles. The van der Waals surface area contributed by atoms with Gasteiger partial charge in [-0.2, -0.15) is 0 Å². The predicted octanol–water partition coefficient (Wildman–Crippen LogP) is 1.36. The van der Waals surface area contributed by atoms with Crippen LogP contribution in [0.5, 0.6) is 0 Å². The Hall–Kier alpha value is -0.0800. The number of nitrogens with one attached hydrogen (secondary N) is 1. The van der Waals surface area contributed by atoms with Gasteiger partial charge in [0.1, 0.15) is 6.54 Å². The summed E-state index contributed by atoms with van der Waals surface area (Å²) in [5.74, 6) is 0.897. The minimum absolute atomic E-state index is 0.430. The minimum atomic E-state index is 0.430. The first-order valence-corrected chi connectivity index (χ1v) is 6.78. The number of rotatable bonds is 4. The van der Waals surface area contributed by atoms with Gasteiger partial charge in [-0.15, -0.1) is 0 Å². The smallest absolute Gasteiger partial charge is 0.100 e. The first-order chi connectivity index (χ1) is 7.38. The molecule has 2 fully saturated rings. The van der Waals surface area contributed by atoms with Crippen LogP contribution in [0.2, 0.25) is 0 Å². The van der Waals surface area contributed by atoms with Crippen LogP contribution >= 0.6 is 0 Å². The lowest BCUT2D eigenvalue weighted by molar-refractivity contribution is -0.858. The third-order valence-electron chi connectivity index (χ3n) is 5.64. The highest BCUT2D eigenvalue weighted by Gasteiger charge is 2.61. The lowest BCUT2D eigenvalue weighted by Gasteiger charge is -2.38. The number of hydrogen-bond donors (Lipinski definition) is 1. The van der Waals surface area contributed by atoms with Crippen LogP contribution in [0.4, 0.5) is 0 Å². The molecule has 2 rings (SSSR count). The molecule has 0 radical (unpaired) electrons. The van der Waals surface area contributed by atoms with Crippen LogP contribution in [-0.4, -0.2) is 33.4 Å². The van der Waals surface area contributed by atoms with Crippen molar-refractivity contribution in [1.82, 2.24) is 0 Å². The molecule has 2 aliphatic rings. The van der Waals surface area contributed by atoms with Crippen molar-refractivity contribution in [2.24, 2.45) is 16.7 Å². The number of hydrogen-bond acceptors (Lipinski definition) is 1. The zero-order valence-electron chi connectivity index (χ0n) is 11.6. The van der Waals surface area contributed by atoms with E-state index in [-0.39, 0.29) is 0 Å². The lowest BCUT2D eigenvalue weighted by Crippen LogP contribution is -3.06. The van der Waals surface area contributed by atoms with Crippen LogP contribution in [0.1, 0.15) is 40.0 Å². The van der Waals surface area contributed by atoms with Crippen molar-refractivity contribution in [2.75, 3.05) is 27.2 Å². The maximum atomic E-state index is 6.17. The van der Waals surface area contributed by atoms with Crippen molar-refractivity contribution < 1.29 is 9.64 Å². The highest BCUT2D eigenvalue weighted by Crippen LogP contribution is 2.66. The van der Waals surface area contributed by atoms with Gasteiger partial charge in [0.25, 0.3) is 0 Å². The van der Waals surface area contributed by atoms with Crippen LogP contribution < -0.4 is 4.90 Å². The summed E-state index contributed by atoms with van der Waals surface area (Å²) in [5, 5.41) is 0. The molecule has 0 saturated heterocycles. The van der Waals surface area contributed by atoms with Crippen LogP contribution in [0, 0.1) is 16.7 Å². The first kappa shape index (κ1) is 12.4. The number of fused-ring (bicyclic) bond motifs is 2. The zero-order chi connectivity index (χ0) is 12.0. The third-order valence-corrected chi connectivity index (χ3v) is 5.64. The van der Waals surface area contributed by atoms with Gasteiger partial charge in [-0.3, -0.25) is 0 Å². The third kappa shape index (κ3) is 1.70. The van der Waals surface area contributed by atoms with Gasteiger partial charge in [0, 0.05) is 0 Å². The van der Waals surface area contributed by atoms with Crippen molar-refractivity contribution in [3.63, 3.8) is 0 Å². The highest BCUT2D eigenvalue weighted by molar-refractivity contribution is 5.11. The van der Waals surface area contributed by atoms with Crippen LogP contribution in [-0.2, 0) is 4.74 Å². The molecule has 0 spiro atoms. The average Bonchev–Trinajstić information content (AvgIpc) is 2.49. The second-order valence-electron chi connectivity index (χ2n) is 6.93. The second-order valence-corrected chi connectivity index (χ2v) is 6.93. The van der Waals surface area contributed by atoms with E-state index in [1.54, 1.807) is 0 Å². The molecule has 0 aromatic carbocycles. The van der Waals surface area contributed by atoms with Crippen LogP contribution in [0.3, 0.4) is 0 Å².